The van der Waals surface area contributed by atoms with Crippen LogP contribution in [0.15, 0.2) is 48.5 Å². The molecule has 0 aromatic heterocycles. The molecule has 9 heteroatoms. The van der Waals surface area contributed by atoms with Gasteiger partial charge in [0.25, 0.3) is 17.7 Å². The zero-order chi connectivity index (χ0) is 20.8. The van der Waals surface area contributed by atoms with Gasteiger partial charge in [-0.3, -0.25) is 19.2 Å². The number of ether oxygens (including phenoxy) is 2. The van der Waals surface area contributed by atoms with Crippen molar-refractivity contribution < 1.29 is 28.7 Å². The lowest BCUT2D eigenvalue weighted by atomic mass is 10.1. The molecule has 0 saturated heterocycles. The summed E-state index contributed by atoms with van der Waals surface area (Å²) in [6.45, 7) is -0.534. The quantitative estimate of drug-likeness (QED) is 0.632. The van der Waals surface area contributed by atoms with Gasteiger partial charge >= 0.3 is 5.97 Å². The number of carbonyl (C=O) groups is 4. The van der Waals surface area contributed by atoms with Gasteiger partial charge in [0.05, 0.1) is 12.1 Å². The molecule has 2 aromatic carbocycles. The standard InChI is InChI=1S/C20H19N3O6/c1-21-19(26)12-5-4-6-13(9-12)22-17(24)11-28-18(25)10-16-20(27)23-14-7-2-3-8-15(14)29-16/h2-9,16H,10-11H2,1H3,(H,21,26)(H,22,24)(H,23,27)/t16-/m1/s1. The van der Waals surface area contributed by atoms with Crippen molar-refractivity contribution in [3.63, 3.8) is 0 Å². The van der Waals surface area contributed by atoms with E-state index in [1.165, 1.54) is 13.1 Å². The van der Waals surface area contributed by atoms with Crippen LogP contribution in [-0.2, 0) is 19.1 Å². The van der Waals surface area contributed by atoms with E-state index in [4.69, 9.17) is 9.47 Å². The molecule has 2 aromatic rings. The van der Waals surface area contributed by atoms with Crippen LogP contribution in [0.3, 0.4) is 0 Å². The second kappa shape index (κ2) is 8.87. The first kappa shape index (κ1) is 19.9. The fraction of sp³-hybridized carbons (Fsp3) is 0.200. The van der Waals surface area contributed by atoms with E-state index < -0.39 is 30.5 Å². The average molecular weight is 397 g/mol. The number of carbonyl (C=O) groups excluding carboxylic acids is 4. The summed E-state index contributed by atoms with van der Waals surface area (Å²) < 4.78 is 10.4. The normalized spacial score (nSPS) is 14.7. The van der Waals surface area contributed by atoms with Gasteiger partial charge < -0.3 is 25.4 Å². The molecule has 29 heavy (non-hydrogen) atoms. The second-order valence-electron chi connectivity index (χ2n) is 6.16. The Morgan fingerprint density at radius 2 is 1.93 bits per heavy atom. The van der Waals surface area contributed by atoms with Crippen LogP contribution < -0.4 is 20.7 Å². The third-order valence-corrected chi connectivity index (χ3v) is 4.06. The Bertz CT molecular complexity index is 959. The molecule has 150 valence electrons. The number of rotatable bonds is 6. The highest BCUT2D eigenvalue weighted by Crippen LogP contribution is 2.29. The summed E-state index contributed by atoms with van der Waals surface area (Å²) in [6, 6.07) is 13.2. The largest absolute Gasteiger partial charge is 0.478 e. The third kappa shape index (κ3) is 5.10. The highest BCUT2D eigenvalue weighted by atomic mass is 16.5. The van der Waals surface area contributed by atoms with Gasteiger partial charge in [0.2, 0.25) is 0 Å². The lowest BCUT2D eigenvalue weighted by molar-refractivity contribution is -0.150. The second-order valence-corrected chi connectivity index (χ2v) is 6.16. The monoisotopic (exact) mass is 397 g/mol. The van der Waals surface area contributed by atoms with Crippen molar-refractivity contribution in [2.45, 2.75) is 12.5 Å². The summed E-state index contributed by atoms with van der Waals surface area (Å²) in [5.74, 6) is -1.62. The molecule has 9 nitrogen and oxygen atoms in total. The van der Waals surface area contributed by atoms with Gasteiger partial charge in [-0.05, 0) is 30.3 Å². The number of hydrogen-bond donors (Lipinski definition) is 3. The van der Waals surface area contributed by atoms with Crippen molar-refractivity contribution >= 4 is 35.1 Å². The minimum Gasteiger partial charge on any atom is -0.478 e. The zero-order valence-corrected chi connectivity index (χ0v) is 15.6. The van der Waals surface area contributed by atoms with Crippen LogP contribution in [0.25, 0.3) is 0 Å². The first-order valence-electron chi connectivity index (χ1n) is 8.80. The van der Waals surface area contributed by atoms with Gasteiger partial charge in [-0.25, -0.2) is 0 Å². The van der Waals surface area contributed by atoms with Crippen molar-refractivity contribution in [2.24, 2.45) is 0 Å². The van der Waals surface area contributed by atoms with Crippen molar-refractivity contribution in [3.05, 3.63) is 54.1 Å². The minimum absolute atomic E-state index is 0.292. The number of amides is 3. The molecule has 0 fully saturated rings. The molecule has 0 radical (unpaired) electrons. The van der Waals surface area contributed by atoms with E-state index in [-0.39, 0.29) is 12.3 Å². The number of para-hydroxylation sites is 2. The maximum atomic E-state index is 12.0. The van der Waals surface area contributed by atoms with E-state index in [0.29, 0.717) is 22.7 Å². The highest BCUT2D eigenvalue weighted by Gasteiger charge is 2.30. The zero-order valence-electron chi connectivity index (χ0n) is 15.6. The lowest BCUT2D eigenvalue weighted by Gasteiger charge is -2.25. The SMILES string of the molecule is CNC(=O)c1cccc(NC(=O)COC(=O)C[C@H]2Oc3ccccc3NC2=O)c1. The molecule has 3 N–H and O–H groups in total. The number of benzene rings is 2. The van der Waals surface area contributed by atoms with Crippen LogP contribution in [0.4, 0.5) is 11.4 Å². The first-order chi connectivity index (χ1) is 14.0. The summed E-state index contributed by atoms with van der Waals surface area (Å²) in [7, 11) is 1.50. The number of esters is 1. The van der Waals surface area contributed by atoms with Crippen LogP contribution in [0.5, 0.6) is 5.75 Å². The predicted molar refractivity (Wildman–Crippen MR) is 104 cm³/mol. The summed E-state index contributed by atoms with van der Waals surface area (Å²) in [5, 5.41) is 7.67. The molecule has 0 unspecified atom stereocenters. The topological polar surface area (TPSA) is 123 Å². The molecule has 1 heterocycles. The molecule has 0 saturated carbocycles. The Hall–Kier alpha value is -3.88. The van der Waals surface area contributed by atoms with Crippen molar-refractivity contribution in [1.82, 2.24) is 5.32 Å². The average Bonchev–Trinajstić information content (AvgIpc) is 2.72. The van der Waals surface area contributed by atoms with E-state index in [0.717, 1.165) is 0 Å². The molecule has 1 aliphatic rings. The Kier molecular flexibility index (Phi) is 6.08. The number of hydrogen-bond acceptors (Lipinski definition) is 6. The molecule has 0 bridgehead atoms. The lowest BCUT2D eigenvalue weighted by Crippen LogP contribution is -2.39. The van der Waals surface area contributed by atoms with Crippen LogP contribution in [-0.4, -0.2) is 43.4 Å². The Morgan fingerprint density at radius 1 is 1.14 bits per heavy atom. The summed E-state index contributed by atoms with van der Waals surface area (Å²) in [6.07, 6.45) is -1.37. The maximum Gasteiger partial charge on any atom is 0.310 e. The molecule has 1 atom stereocenters. The molecular formula is C20H19N3O6. The summed E-state index contributed by atoms with van der Waals surface area (Å²) in [4.78, 5) is 47.6. The van der Waals surface area contributed by atoms with Crippen LogP contribution in [0.2, 0.25) is 0 Å². The van der Waals surface area contributed by atoms with Crippen LogP contribution >= 0.6 is 0 Å². The molecular weight excluding hydrogens is 378 g/mol. The van der Waals surface area contributed by atoms with Crippen LogP contribution in [0, 0.1) is 0 Å². The van der Waals surface area contributed by atoms with E-state index >= 15 is 0 Å². The van der Waals surface area contributed by atoms with Gasteiger partial charge in [0.15, 0.2) is 12.7 Å². The third-order valence-electron chi connectivity index (χ3n) is 4.06. The van der Waals surface area contributed by atoms with Crippen molar-refractivity contribution in [3.8, 4) is 5.75 Å². The number of nitrogens with one attached hydrogen (secondary N) is 3. The first-order valence-corrected chi connectivity index (χ1v) is 8.80. The van der Waals surface area contributed by atoms with E-state index in [9.17, 15) is 19.2 Å². The van der Waals surface area contributed by atoms with E-state index in [1.54, 1.807) is 42.5 Å². The van der Waals surface area contributed by atoms with Crippen LogP contribution in [0.1, 0.15) is 16.8 Å². The van der Waals surface area contributed by atoms with Gasteiger partial charge in [-0.15, -0.1) is 0 Å². The minimum atomic E-state index is -1.04. The molecule has 0 aliphatic carbocycles. The van der Waals surface area contributed by atoms with Gasteiger partial charge in [-0.1, -0.05) is 18.2 Å². The Balaban J connectivity index is 1.49. The Labute approximate surface area is 166 Å². The molecule has 3 rings (SSSR count). The summed E-state index contributed by atoms with van der Waals surface area (Å²) >= 11 is 0. The predicted octanol–water partition coefficient (Wildman–Crippen LogP) is 1.32. The molecule has 3 amide bonds. The summed E-state index contributed by atoms with van der Waals surface area (Å²) in [5.41, 5.74) is 1.29. The fourth-order valence-corrected chi connectivity index (χ4v) is 2.66. The number of anilines is 2. The van der Waals surface area contributed by atoms with Crippen molar-refractivity contribution in [1.29, 1.82) is 0 Å². The van der Waals surface area contributed by atoms with E-state index in [1.807, 2.05) is 0 Å². The maximum absolute atomic E-state index is 12.0. The van der Waals surface area contributed by atoms with Crippen molar-refractivity contribution in [2.75, 3.05) is 24.3 Å². The Morgan fingerprint density at radius 3 is 2.72 bits per heavy atom. The van der Waals surface area contributed by atoms with Gasteiger partial charge in [-0.2, -0.15) is 0 Å². The number of fused-ring (bicyclic) bond motifs is 1. The molecule has 1 aliphatic heterocycles. The van der Waals surface area contributed by atoms with Gasteiger partial charge in [0.1, 0.15) is 5.75 Å². The smallest absolute Gasteiger partial charge is 0.310 e. The molecule has 0 spiro atoms. The highest BCUT2D eigenvalue weighted by molar-refractivity contribution is 6.00. The fourth-order valence-electron chi connectivity index (χ4n) is 2.66. The van der Waals surface area contributed by atoms with E-state index in [2.05, 4.69) is 16.0 Å². The van der Waals surface area contributed by atoms with Gasteiger partial charge in [0, 0.05) is 18.3 Å².